The molecular weight excluding hydrogens is 547 g/mol. The van der Waals surface area contributed by atoms with Crippen molar-refractivity contribution in [2.75, 3.05) is 10.6 Å². The number of benzene rings is 1. The number of nitrogens with zero attached hydrogens (tertiary/aromatic N) is 3. The largest absolute Gasteiger partial charge is 0.478 e. The van der Waals surface area contributed by atoms with E-state index in [-0.39, 0.29) is 23.1 Å². The number of aliphatic imine (C=N–C) groups is 1. The third kappa shape index (κ3) is 5.65. The Morgan fingerprint density at radius 3 is 2.65 bits per heavy atom. The standard InChI is InChI=1S/C27H24F3N5O4S/c1-14(36)33-18-11-20(34-23(12-18)35-22-10-17(6-8-31-22)27(28,29)30)21-13-32-25(40-21)26(39)7-2-3-15-9-16(24(37)38)4-5-19(15)26/h4-6,8-13,21,25,39H,2-3,7H2,1H3,(H,37,38)(H2,31,33,34,35,36). The summed E-state index contributed by atoms with van der Waals surface area (Å²) in [5.41, 5.74) is 0.165. The van der Waals surface area contributed by atoms with Crippen LogP contribution in [0.3, 0.4) is 0 Å². The topological polar surface area (TPSA) is 137 Å². The van der Waals surface area contributed by atoms with Crippen LogP contribution in [0, 0.1) is 0 Å². The van der Waals surface area contributed by atoms with Gasteiger partial charge in [0.15, 0.2) is 0 Å². The van der Waals surface area contributed by atoms with Gasteiger partial charge in [0.1, 0.15) is 22.6 Å². The normalized spacial score (nSPS) is 22.0. The predicted molar refractivity (Wildman–Crippen MR) is 144 cm³/mol. The number of rotatable bonds is 6. The molecule has 4 N–H and O–H groups in total. The molecule has 5 rings (SSSR count). The predicted octanol–water partition coefficient (Wildman–Crippen LogP) is 5.30. The minimum atomic E-state index is -4.55. The van der Waals surface area contributed by atoms with Gasteiger partial charge in [-0.05, 0) is 60.7 Å². The zero-order valence-corrected chi connectivity index (χ0v) is 21.9. The highest BCUT2D eigenvalue weighted by atomic mass is 32.2. The van der Waals surface area contributed by atoms with Crippen LogP contribution < -0.4 is 10.6 Å². The average molecular weight is 572 g/mol. The molecule has 0 radical (unpaired) electrons. The van der Waals surface area contributed by atoms with Crippen LogP contribution in [0.5, 0.6) is 0 Å². The van der Waals surface area contributed by atoms with Crippen molar-refractivity contribution in [2.24, 2.45) is 4.99 Å². The summed E-state index contributed by atoms with van der Waals surface area (Å²) in [5.74, 6) is -1.30. The number of pyridine rings is 2. The van der Waals surface area contributed by atoms with Crippen molar-refractivity contribution in [1.29, 1.82) is 0 Å². The summed E-state index contributed by atoms with van der Waals surface area (Å²) >= 11 is 1.34. The van der Waals surface area contributed by atoms with E-state index < -0.39 is 33.9 Å². The number of aryl methyl sites for hydroxylation is 1. The molecule has 3 unspecified atom stereocenters. The van der Waals surface area contributed by atoms with E-state index in [1.54, 1.807) is 24.4 Å². The molecule has 13 heteroatoms. The van der Waals surface area contributed by atoms with Gasteiger partial charge >= 0.3 is 12.1 Å². The third-order valence-electron chi connectivity index (χ3n) is 6.66. The fraction of sp³-hybridized carbons (Fsp3) is 0.296. The Bertz CT molecular complexity index is 1520. The van der Waals surface area contributed by atoms with Crippen LogP contribution in [0.2, 0.25) is 0 Å². The zero-order chi connectivity index (χ0) is 28.7. The first-order chi connectivity index (χ1) is 18.9. The van der Waals surface area contributed by atoms with E-state index in [4.69, 9.17) is 0 Å². The molecule has 40 heavy (non-hydrogen) atoms. The van der Waals surface area contributed by atoms with Crippen molar-refractivity contribution in [2.45, 2.75) is 48.6 Å². The van der Waals surface area contributed by atoms with Crippen molar-refractivity contribution in [3.05, 3.63) is 76.6 Å². The van der Waals surface area contributed by atoms with Crippen molar-refractivity contribution in [3.8, 4) is 0 Å². The molecule has 2 aromatic heterocycles. The number of alkyl halides is 3. The fourth-order valence-electron chi connectivity index (χ4n) is 4.89. The van der Waals surface area contributed by atoms with E-state index in [0.717, 1.165) is 23.9 Å². The number of aromatic nitrogens is 2. The highest BCUT2D eigenvalue weighted by molar-refractivity contribution is 8.01. The number of hydrogen-bond acceptors (Lipinski definition) is 8. The summed E-state index contributed by atoms with van der Waals surface area (Å²) in [7, 11) is 0. The van der Waals surface area contributed by atoms with Gasteiger partial charge in [0.2, 0.25) is 5.91 Å². The van der Waals surface area contributed by atoms with Crippen molar-refractivity contribution < 1.29 is 33.0 Å². The quantitative estimate of drug-likeness (QED) is 0.313. The summed E-state index contributed by atoms with van der Waals surface area (Å²) in [6, 6.07) is 9.53. The fourth-order valence-corrected chi connectivity index (χ4v) is 6.18. The van der Waals surface area contributed by atoms with Gasteiger partial charge in [-0.2, -0.15) is 13.2 Å². The number of carbonyl (C=O) groups is 2. The Labute approximate surface area is 231 Å². The third-order valence-corrected chi connectivity index (χ3v) is 8.09. The number of fused-ring (bicyclic) bond motifs is 1. The Hall–Kier alpha value is -3.97. The molecule has 0 spiro atoms. The van der Waals surface area contributed by atoms with Gasteiger partial charge in [0.25, 0.3) is 0 Å². The first-order valence-corrected chi connectivity index (χ1v) is 13.2. The molecule has 1 aliphatic heterocycles. The molecule has 1 amide bonds. The number of hydrogen-bond donors (Lipinski definition) is 4. The number of thioether (sulfide) groups is 1. The second-order valence-corrected chi connectivity index (χ2v) is 10.8. The number of halogens is 3. The highest BCUT2D eigenvalue weighted by Crippen LogP contribution is 2.49. The number of nitrogens with one attached hydrogen (secondary N) is 2. The molecule has 0 fully saturated rings. The van der Waals surface area contributed by atoms with Gasteiger partial charge in [0, 0.05) is 31.1 Å². The van der Waals surface area contributed by atoms with E-state index in [1.807, 2.05) is 0 Å². The van der Waals surface area contributed by atoms with Crippen LogP contribution in [0.25, 0.3) is 0 Å². The van der Waals surface area contributed by atoms with E-state index in [1.165, 1.54) is 30.8 Å². The number of aromatic carboxylic acids is 1. The van der Waals surface area contributed by atoms with Gasteiger partial charge in [0.05, 0.1) is 22.1 Å². The van der Waals surface area contributed by atoms with Crippen LogP contribution in [-0.2, 0) is 23.0 Å². The highest BCUT2D eigenvalue weighted by Gasteiger charge is 2.45. The van der Waals surface area contributed by atoms with Gasteiger partial charge in [-0.1, -0.05) is 6.07 Å². The summed E-state index contributed by atoms with van der Waals surface area (Å²) in [4.78, 5) is 36.2. The minimum absolute atomic E-state index is 0.0762. The van der Waals surface area contributed by atoms with Crippen molar-refractivity contribution in [3.63, 3.8) is 0 Å². The summed E-state index contributed by atoms with van der Waals surface area (Å²) in [6.07, 6.45) is -0.146. The monoisotopic (exact) mass is 571 g/mol. The number of aliphatic hydroxyl groups is 1. The van der Waals surface area contributed by atoms with Crippen LogP contribution in [-0.4, -0.2) is 43.6 Å². The minimum Gasteiger partial charge on any atom is -0.478 e. The Balaban J connectivity index is 1.42. The summed E-state index contributed by atoms with van der Waals surface area (Å²) in [6.45, 7) is 1.33. The maximum atomic E-state index is 13.2. The molecule has 3 atom stereocenters. The van der Waals surface area contributed by atoms with E-state index in [9.17, 15) is 33.0 Å². The second kappa shape index (κ2) is 10.5. The lowest BCUT2D eigenvalue weighted by molar-refractivity contribution is -0.137. The van der Waals surface area contributed by atoms with E-state index in [2.05, 4.69) is 25.6 Å². The van der Waals surface area contributed by atoms with Gasteiger partial charge in [-0.3, -0.25) is 9.79 Å². The smallest absolute Gasteiger partial charge is 0.416 e. The van der Waals surface area contributed by atoms with Crippen molar-refractivity contribution >= 4 is 47.2 Å². The molecule has 1 aliphatic carbocycles. The maximum absolute atomic E-state index is 13.2. The summed E-state index contributed by atoms with van der Waals surface area (Å²) in [5, 5.41) is 25.5. The first kappa shape index (κ1) is 27.6. The molecule has 208 valence electrons. The Morgan fingerprint density at radius 2 is 1.93 bits per heavy atom. The SMILES string of the molecule is CC(=O)Nc1cc(Nc2cc(C(F)(F)F)ccn2)nc(C2C=NC(C3(O)CCCc4cc(C(=O)O)ccc43)S2)c1. The Morgan fingerprint density at radius 1 is 1.12 bits per heavy atom. The average Bonchev–Trinajstić information content (AvgIpc) is 3.39. The zero-order valence-electron chi connectivity index (χ0n) is 21.1. The van der Waals surface area contributed by atoms with Crippen LogP contribution in [0.1, 0.15) is 57.8 Å². The molecule has 3 aromatic rings. The number of anilines is 3. The molecule has 3 heterocycles. The molecular formula is C27H24F3N5O4S. The Kier molecular flexibility index (Phi) is 7.27. The van der Waals surface area contributed by atoms with E-state index >= 15 is 0 Å². The van der Waals surface area contributed by atoms with Crippen LogP contribution in [0.15, 0.2) is 53.7 Å². The molecule has 0 saturated heterocycles. The number of amides is 1. The molecule has 0 saturated carbocycles. The van der Waals surface area contributed by atoms with Crippen molar-refractivity contribution in [1.82, 2.24) is 9.97 Å². The van der Waals surface area contributed by atoms with Crippen LogP contribution in [0.4, 0.5) is 30.5 Å². The lowest BCUT2D eigenvalue weighted by Gasteiger charge is -2.37. The molecule has 9 nitrogen and oxygen atoms in total. The number of carbonyl (C=O) groups excluding carboxylic acids is 1. The van der Waals surface area contributed by atoms with Crippen LogP contribution >= 0.6 is 11.8 Å². The number of carboxylic acid groups (broad SMARTS) is 1. The lowest BCUT2D eigenvalue weighted by atomic mass is 9.78. The molecule has 1 aromatic carbocycles. The van der Waals surface area contributed by atoms with Gasteiger partial charge in [-0.25, -0.2) is 14.8 Å². The van der Waals surface area contributed by atoms with E-state index in [0.29, 0.717) is 36.2 Å². The molecule has 0 bridgehead atoms. The lowest BCUT2D eigenvalue weighted by Crippen LogP contribution is -2.39. The second-order valence-electron chi connectivity index (χ2n) is 9.56. The number of carboxylic acids is 1. The summed E-state index contributed by atoms with van der Waals surface area (Å²) < 4.78 is 39.5. The van der Waals surface area contributed by atoms with Gasteiger partial charge in [-0.15, -0.1) is 11.8 Å². The molecule has 2 aliphatic rings. The maximum Gasteiger partial charge on any atom is 0.416 e. The first-order valence-electron chi connectivity index (χ1n) is 12.3. The van der Waals surface area contributed by atoms with Gasteiger partial charge < -0.3 is 20.8 Å².